The van der Waals surface area contributed by atoms with E-state index in [0.29, 0.717) is 0 Å². The summed E-state index contributed by atoms with van der Waals surface area (Å²) in [5.74, 6) is 0. The highest BCUT2D eigenvalue weighted by Crippen LogP contribution is 1.15. The molecule has 0 aromatic carbocycles. The second kappa shape index (κ2) is 3.58. The number of hydrogen-bond acceptors (Lipinski definition) is 3. The van der Waals surface area contributed by atoms with Gasteiger partial charge >= 0.3 is 10.5 Å². The lowest BCUT2D eigenvalue weighted by molar-refractivity contribution is 0.620. The Balaban J connectivity index is 0. The van der Waals surface area contributed by atoms with Crippen LogP contribution in [0, 0.1) is 4.78 Å². The highest BCUT2D eigenvalue weighted by molar-refractivity contribution is 7.60. The summed E-state index contributed by atoms with van der Waals surface area (Å²) < 4.78 is 22.8. The number of nitrogens with one attached hydrogen (secondary N) is 1. The summed E-state index contributed by atoms with van der Waals surface area (Å²) in [6, 6.07) is 0. The summed E-state index contributed by atoms with van der Waals surface area (Å²) in [5.41, 5.74) is 0. The average molecular weight is 97.1 g/mol. The Labute approximate surface area is 30.2 Å². The van der Waals surface area contributed by atoms with Gasteiger partial charge in [-0.1, -0.05) is 0 Å². The molecule has 0 heterocycles. The van der Waals surface area contributed by atoms with Crippen LogP contribution in [-0.4, -0.2) is 13.9 Å². The van der Waals surface area contributed by atoms with Crippen molar-refractivity contribution in [2.45, 2.75) is 0 Å². The molecule has 0 bridgehead atoms. The molecule has 0 radical (unpaired) electrons. The van der Waals surface area contributed by atoms with Crippen LogP contribution < -0.4 is 0 Å². The largest absolute Gasteiger partial charge is 0.412 e. The van der Waals surface area contributed by atoms with E-state index in [1.54, 1.807) is 0 Å². The Kier molecular flexibility index (Phi) is 6.31. The summed E-state index contributed by atoms with van der Waals surface area (Å²) in [5, 5.41) is 0. The van der Waals surface area contributed by atoms with Crippen molar-refractivity contribution in [2.75, 3.05) is 0 Å². The summed E-state index contributed by atoms with van der Waals surface area (Å²) in [7, 11) is -2.61. The third kappa shape index (κ3) is 50.7. The second-order valence-electron chi connectivity index (χ2n) is 0.235. The first kappa shape index (κ1) is 8.82. The molecule has 0 rings (SSSR count). The van der Waals surface area contributed by atoms with Gasteiger partial charge in [-0.3, -0.25) is 0 Å². The van der Waals surface area contributed by atoms with Gasteiger partial charge in [0.15, 0.2) is 0 Å². The van der Waals surface area contributed by atoms with Gasteiger partial charge in [0.25, 0.3) is 0 Å². The molecule has 0 aromatic rings. The molecule has 0 saturated carbocycles. The van der Waals surface area contributed by atoms with Crippen molar-refractivity contribution in [1.82, 2.24) is 0 Å². The van der Waals surface area contributed by atoms with Crippen LogP contribution in [0.4, 0.5) is 0 Å². The van der Waals surface area contributed by atoms with Crippen LogP contribution in [0.2, 0.25) is 0 Å². The molecule has 0 amide bonds. The molecule has 4 nitrogen and oxygen atoms in total. The van der Waals surface area contributed by atoms with Gasteiger partial charge < -0.3 is 5.48 Å². The molecule has 0 spiro atoms. The Morgan fingerprint density at radius 1 is 1.40 bits per heavy atom. The van der Waals surface area contributed by atoms with Crippen LogP contribution in [-0.2, 0) is 10.5 Å². The van der Waals surface area contributed by atoms with Gasteiger partial charge in [0, 0.05) is 0 Å². The lowest BCUT2D eigenvalue weighted by Gasteiger charge is -1.18. The van der Waals surface area contributed by atoms with E-state index in [9.17, 15) is 0 Å². The Morgan fingerprint density at radius 2 is 1.40 bits per heavy atom. The minimum Gasteiger partial charge on any atom is -0.412 e. The van der Waals surface area contributed by atoms with Gasteiger partial charge in [-0.15, -0.1) is 0 Å². The van der Waals surface area contributed by atoms with Crippen LogP contribution in [0.25, 0.3) is 0 Å². The molecule has 0 aromatic heterocycles. The predicted octanol–water partition coefficient (Wildman–Crippen LogP) is -1.20. The number of rotatable bonds is 0. The first-order valence-electron chi connectivity index (χ1n) is 0.537. The van der Waals surface area contributed by atoms with E-state index in [0.717, 1.165) is 0 Å². The van der Waals surface area contributed by atoms with E-state index in [1.807, 2.05) is 0 Å². The predicted molar refractivity (Wildman–Crippen MR) is 15.3 cm³/mol. The van der Waals surface area contributed by atoms with E-state index in [4.69, 9.17) is 13.2 Å². The van der Waals surface area contributed by atoms with Gasteiger partial charge in [-0.05, 0) is 0 Å². The third-order valence-corrected chi connectivity index (χ3v) is 0. The van der Waals surface area contributed by atoms with E-state index >= 15 is 0 Å². The zero-order valence-corrected chi connectivity index (χ0v) is 3.04. The fourth-order valence-corrected chi connectivity index (χ4v) is 0. The van der Waals surface area contributed by atoms with Crippen molar-refractivity contribution in [1.29, 1.82) is 4.78 Å². The third-order valence-electron chi connectivity index (χ3n) is 0. The van der Waals surface area contributed by atoms with E-state index in [1.165, 1.54) is 0 Å². The minimum absolute atomic E-state index is 0. The SMILES string of the molecule is N=S(=O)=O.O. The average Bonchev–Trinajstić information content (AvgIpc) is 0.811. The maximum atomic E-state index is 8.67. The summed E-state index contributed by atoms with van der Waals surface area (Å²) in [6.45, 7) is 0. The second-order valence-corrected chi connectivity index (χ2v) is 0.704. The molecule has 5 heteroatoms. The monoisotopic (exact) mass is 97.0 g/mol. The number of hydrogen-bond donors (Lipinski definition) is 1. The van der Waals surface area contributed by atoms with Gasteiger partial charge in [-0.25, -0.2) is 0 Å². The molecular weight excluding hydrogens is 94.1 g/mol. The van der Waals surface area contributed by atoms with Gasteiger partial charge in [-0.2, -0.15) is 13.2 Å². The molecule has 0 aliphatic heterocycles. The van der Waals surface area contributed by atoms with Crippen LogP contribution in [0.1, 0.15) is 0 Å². The molecular formula is H3NO3S. The quantitative estimate of drug-likeness (QED) is 0.411. The van der Waals surface area contributed by atoms with Crippen LogP contribution in [0.15, 0.2) is 0 Å². The molecule has 0 saturated heterocycles. The van der Waals surface area contributed by atoms with E-state index in [-0.39, 0.29) is 5.48 Å². The normalized spacial score (nSPS) is 4.80. The van der Waals surface area contributed by atoms with Crippen molar-refractivity contribution in [3.8, 4) is 0 Å². The van der Waals surface area contributed by atoms with Gasteiger partial charge in [0.1, 0.15) is 0 Å². The zero-order chi connectivity index (χ0) is 3.58. The van der Waals surface area contributed by atoms with Gasteiger partial charge in [0.2, 0.25) is 0 Å². The van der Waals surface area contributed by atoms with Crippen molar-refractivity contribution in [2.24, 2.45) is 0 Å². The lowest BCUT2D eigenvalue weighted by Crippen LogP contribution is -1.34. The maximum absolute atomic E-state index is 8.67. The van der Waals surface area contributed by atoms with Crippen molar-refractivity contribution < 1.29 is 13.9 Å². The van der Waals surface area contributed by atoms with E-state index in [2.05, 4.69) is 0 Å². The lowest BCUT2D eigenvalue weighted by atomic mass is 14.0. The van der Waals surface area contributed by atoms with Gasteiger partial charge in [0.05, 0.1) is 0 Å². The maximum Gasteiger partial charge on any atom is 0.308 e. The fraction of sp³-hybridized carbons (Fsp3) is 0. The molecule has 5 heavy (non-hydrogen) atoms. The Hall–Kier alpha value is -0.420. The molecule has 0 aliphatic carbocycles. The fourth-order valence-electron chi connectivity index (χ4n) is 0. The summed E-state index contributed by atoms with van der Waals surface area (Å²) in [6.07, 6.45) is 0. The Bertz CT molecular complexity index is 76.3. The molecule has 3 N–H and O–H groups in total. The molecule has 0 unspecified atom stereocenters. The zero-order valence-electron chi connectivity index (χ0n) is 2.22. The molecule has 32 valence electrons. The van der Waals surface area contributed by atoms with Crippen molar-refractivity contribution >= 4 is 10.5 Å². The summed E-state index contributed by atoms with van der Waals surface area (Å²) in [4.78, 5) is 0. The standard InChI is InChI=1S/HNO2S.H2O/c1-4(2)3;/h1H;1H2. The van der Waals surface area contributed by atoms with Crippen LogP contribution in [0.5, 0.6) is 0 Å². The first-order chi connectivity index (χ1) is 1.73. The first-order valence-corrected chi connectivity index (χ1v) is 1.61. The van der Waals surface area contributed by atoms with Crippen LogP contribution >= 0.6 is 0 Å². The van der Waals surface area contributed by atoms with Crippen molar-refractivity contribution in [3.05, 3.63) is 0 Å². The Morgan fingerprint density at radius 3 is 1.40 bits per heavy atom. The highest BCUT2D eigenvalue weighted by atomic mass is 32.2. The van der Waals surface area contributed by atoms with E-state index < -0.39 is 10.5 Å². The molecule has 0 aliphatic rings. The molecule has 0 fully saturated rings. The highest BCUT2D eigenvalue weighted by Gasteiger charge is 1.32. The minimum atomic E-state index is -2.61. The van der Waals surface area contributed by atoms with Crippen molar-refractivity contribution in [3.63, 3.8) is 0 Å². The summed E-state index contributed by atoms with van der Waals surface area (Å²) >= 11 is 0. The molecule has 0 atom stereocenters. The topological polar surface area (TPSA) is 89.5 Å². The smallest absolute Gasteiger partial charge is 0.308 e. The van der Waals surface area contributed by atoms with Crippen LogP contribution in [0.3, 0.4) is 0 Å².